The summed E-state index contributed by atoms with van der Waals surface area (Å²) >= 11 is 2.05. The first-order valence-electron chi connectivity index (χ1n) is 4.63. The lowest BCUT2D eigenvalue weighted by molar-refractivity contribution is 0.290. The SMILES string of the molecule is Cn1ccc(CN2CCSCC2)n1. The maximum Gasteiger partial charge on any atom is 0.0764 e. The molecule has 13 heavy (non-hydrogen) atoms. The molecule has 0 N–H and O–H groups in total. The Kier molecular flexibility index (Phi) is 2.90. The molecule has 1 aromatic rings. The highest BCUT2D eigenvalue weighted by Crippen LogP contribution is 2.11. The molecule has 0 saturated carbocycles. The predicted octanol–water partition coefficient (Wildman–Crippen LogP) is 0.969. The largest absolute Gasteiger partial charge is 0.296 e. The van der Waals surface area contributed by atoms with Gasteiger partial charge in [-0.1, -0.05) is 0 Å². The molecule has 0 bridgehead atoms. The van der Waals surface area contributed by atoms with Crippen molar-refractivity contribution in [1.82, 2.24) is 14.7 Å². The van der Waals surface area contributed by atoms with Crippen molar-refractivity contribution >= 4 is 11.8 Å². The summed E-state index contributed by atoms with van der Waals surface area (Å²) in [5.41, 5.74) is 1.19. The Morgan fingerprint density at radius 1 is 1.46 bits per heavy atom. The van der Waals surface area contributed by atoms with Crippen LogP contribution in [0.1, 0.15) is 5.69 Å². The summed E-state index contributed by atoms with van der Waals surface area (Å²) in [4.78, 5) is 2.47. The lowest BCUT2D eigenvalue weighted by Crippen LogP contribution is -2.32. The molecule has 2 heterocycles. The molecule has 1 aliphatic rings. The zero-order valence-corrected chi connectivity index (χ0v) is 8.76. The second-order valence-electron chi connectivity index (χ2n) is 3.37. The molecule has 1 saturated heterocycles. The van der Waals surface area contributed by atoms with Gasteiger partial charge in [-0.3, -0.25) is 9.58 Å². The van der Waals surface area contributed by atoms with E-state index < -0.39 is 0 Å². The third-order valence-electron chi connectivity index (χ3n) is 2.26. The van der Waals surface area contributed by atoms with E-state index in [1.54, 1.807) is 0 Å². The molecule has 3 nitrogen and oxygen atoms in total. The first-order valence-corrected chi connectivity index (χ1v) is 5.79. The first kappa shape index (κ1) is 9.09. The Hall–Kier alpha value is -0.480. The topological polar surface area (TPSA) is 21.1 Å². The maximum atomic E-state index is 4.37. The average molecular weight is 197 g/mol. The van der Waals surface area contributed by atoms with Gasteiger partial charge in [0.15, 0.2) is 0 Å². The summed E-state index contributed by atoms with van der Waals surface area (Å²) in [6, 6.07) is 2.10. The minimum Gasteiger partial charge on any atom is -0.296 e. The van der Waals surface area contributed by atoms with Gasteiger partial charge in [0.05, 0.1) is 5.69 Å². The highest BCUT2D eigenvalue weighted by molar-refractivity contribution is 7.99. The van der Waals surface area contributed by atoms with E-state index in [4.69, 9.17) is 0 Å². The fourth-order valence-electron chi connectivity index (χ4n) is 1.54. The number of nitrogens with zero attached hydrogens (tertiary/aromatic N) is 3. The smallest absolute Gasteiger partial charge is 0.0764 e. The van der Waals surface area contributed by atoms with Crippen molar-refractivity contribution in [3.63, 3.8) is 0 Å². The van der Waals surface area contributed by atoms with Crippen molar-refractivity contribution in [2.24, 2.45) is 7.05 Å². The van der Waals surface area contributed by atoms with Crippen LogP contribution in [0.4, 0.5) is 0 Å². The molecule has 1 aliphatic heterocycles. The van der Waals surface area contributed by atoms with E-state index in [1.165, 1.54) is 30.3 Å². The van der Waals surface area contributed by atoms with Crippen molar-refractivity contribution in [3.8, 4) is 0 Å². The van der Waals surface area contributed by atoms with Crippen molar-refractivity contribution in [2.75, 3.05) is 24.6 Å². The van der Waals surface area contributed by atoms with Gasteiger partial charge < -0.3 is 0 Å². The Morgan fingerprint density at radius 2 is 2.23 bits per heavy atom. The second-order valence-corrected chi connectivity index (χ2v) is 4.59. The fourth-order valence-corrected chi connectivity index (χ4v) is 2.51. The molecule has 0 atom stereocenters. The van der Waals surface area contributed by atoms with Gasteiger partial charge in [-0.2, -0.15) is 16.9 Å². The van der Waals surface area contributed by atoms with Gasteiger partial charge in [0.1, 0.15) is 0 Å². The zero-order valence-electron chi connectivity index (χ0n) is 7.94. The van der Waals surface area contributed by atoms with Crippen LogP contribution in [-0.2, 0) is 13.6 Å². The lowest BCUT2D eigenvalue weighted by Gasteiger charge is -2.24. The average Bonchev–Trinajstić information content (AvgIpc) is 2.53. The number of rotatable bonds is 2. The molecular weight excluding hydrogens is 182 g/mol. The molecular formula is C9H15N3S. The van der Waals surface area contributed by atoms with Gasteiger partial charge in [-0.05, 0) is 6.07 Å². The Bertz CT molecular complexity index is 266. The molecule has 1 fully saturated rings. The van der Waals surface area contributed by atoms with Gasteiger partial charge in [0.25, 0.3) is 0 Å². The summed E-state index contributed by atoms with van der Waals surface area (Å²) in [6.45, 7) is 3.43. The molecule has 4 heteroatoms. The van der Waals surface area contributed by atoms with Crippen LogP contribution in [0.5, 0.6) is 0 Å². The van der Waals surface area contributed by atoms with E-state index in [1.807, 2.05) is 29.7 Å². The number of hydrogen-bond donors (Lipinski definition) is 0. The molecule has 0 radical (unpaired) electrons. The van der Waals surface area contributed by atoms with Crippen LogP contribution in [0.25, 0.3) is 0 Å². The first-order chi connectivity index (χ1) is 6.34. The summed E-state index contributed by atoms with van der Waals surface area (Å²) in [6.07, 6.45) is 2.01. The Balaban J connectivity index is 1.89. The molecule has 72 valence electrons. The summed E-state index contributed by atoms with van der Waals surface area (Å²) < 4.78 is 1.87. The molecule has 1 aromatic heterocycles. The van der Waals surface area contributed by atoms with Gasteiger partial charge >= 0.3 is 0 Å². The standard InChI is InChI=1S/C9H15N3S/c1-11-3-2-9(10-11)8-12-4-6-13-7-5-12/h2-3H,4-8H2,1H3. The second kappa shape index (κ2) is 4.15. The molecule has 2 rings (SSSR count). The van der Waals surface area contributed by atoms with Crippen LogP contribution in [0.3, 0.4) is 0 Å². The van der Waals surface area contributed by atoms with Gasteiger partial charge in [-0.25, -0.2) is 0 Å². The summed E-state index contributed by atoms with van der Waals surface area (Å²) in [5, 5.41) is 4.37. The monoisotopic (exact) mass is 197 g/mol. The summed E-state index contributed by atoms with van der Waals surface area (Å²) in [7, 11) is 1.97. The third-order valence-corrected chi connectivity index (χ3v) is 3.20. The van der Waals surface area contributed by atoms with E-state index >= 15 is 0 Å². The van der Waals surface area contributed by atoms with Crippen LogP contribution >= 0.6 is 11.8 Å². The number of aromatic nitrogens is 2. The molecule has 0 amide bonds. The maximum absolute atomic E-state index is 4.37. The molecule has 0 aromatic carbocycles. The van der Waals surface area contributed by atoms with Crippen molar-refractivity contribution in [2.45, 2.75) is 6.54 Å². The zero-order chi connectivity index (χ0) is 9.10. The van der Waals surface area contributed by atoms with Crippen LogP contribution in [0.15, 0.2) is 12.3 Å². The number of hydrogen-bond acceptors (Lipinski definition) is 3. The van der Waals surface area contributed by atoms with Crippen molar-refractivity contribution in [1.29, 1.82) is 0 Å². The fraction of sp³-hybridized carbons (Fsp3) is 0.667. The van der Waals surface area contributed by atoms with Crippen LogP contribution < -0.4 is 0 Å². The number of thioether (sulfide) groups is 1. The van der Waals surface area contributed by atoms with E-state index in [2.05, 4.69) is 16.1 Å². The third kappa shape index (κ3) is 2.48. The van der Waals surface area contributed by atoms with E-state index in [0.29, 0.717) is 0 Å². The van der Waals surface area contributed by atoms with Gasteiger partial charge in [0.2, 0.25) is 0 Å². The highest BCUT2D eigenvalue weighted by atomic mass is 32.2. The van der Waals surface area contributed by atoms with E-state index in [-0.39, 0.29) is 0 Å². The summed E-state index contributed by atoms with van der Waals surface area (Å²) in [5.74, 6) is 2.54. The molecule has 0 unspecified atom stereocenters. The number of aryl methyl sites for hydroxylation is 1. The van der Waals surface area contributed by atoms with Crippen molar-refractivity contribution in [3.05, 3.63) is 18.0 Å². The van der Waals surface area contributed by atoms with Gasteiger partial charge in [0, 0.05) is 44.4 Å². The van der Waals surface area contributed by atoms with E-state index in [9.17, 15) is 0 Å². The van der Waals surface area contributed by atoms with Crippen LogP contribution in [0.2, 0.25) is 0 Å². The predicted molar refractivity (Wildman–Crippen MR) is 55.8 cm³/mol. The normalized spacial score (nSPS) is 19.2. The van der Waals surface area contributed by atoms with Crippen LogP contribution in [0, 0.1) is 0 Å². The van der Waals surface area contributed by atoms with E-state index in [0.717, 1.165) is 6.54 Å². The quantitative estimate of drug-likeness (QED) is 0.705. The molecule has 0 spiro atoms. The minimum absolute atomic E-state index is 1.02. The molecule has 0 aliphatic carbocycles. The van der Waals surface area contributed by atoms with Crippen LogP contribution in [-0.4, -0.2) is 39.3 Å². The van der Waals surface area contributed by atoms with Gasteiger partial charge in [-0.15, -0.1) is 0 Å². The Labute approximate surface area is 83.1 Å². The lowest BCUT2D eigenvalue weighted by atomic mass is 10.4. The van der Waals surface area contributed by atoms with Crippen molar-refractivity contribution < 1.29 is 0 Å². The Morgan fingerprint density at radius 3 is 2.85 bits per heavy atom. The highest BCUT2D eigenvalue weighted by Gasteiger charge is 2.11. The minimum atomic E-state index is 1.02.